The average molecular weight is 184 g/mol. The van der Waals surface area contributed by atoms with Crippen molar-refractivity contribution in [1.82, 2.24) is 10.2 Å². The van der Waals surface area contributed by atoms with E-state index in [9.17, 15) is 5.11 Å². The maximum atomic E-state index is 9.30. The Kier molecular flexibility index (Phi) is 4.42. The summed E-state index contributed by atoms with van der Waals surface area (Å²) in [4.78, 5) is 2.35. The van der Waals surface area contributed by atoms with Gasteiger partial charge in [0.15, 0.2) is 0 Å². The summed E-state index contributed by atoms with van der Waals surface area (Å²) < 4.78 is 0. The van der Waals surface area contributed by atoms with Gasteiger partial charge in [-0.05, 0) is 25.5 Å². The summed E-state index contributed by atoms with van der Waals surface area (Å²) in [5.74, 6) is 0. The Balaban J connectivity index is 2.18. The van der Waals surface area contributed by atoms with Gasteiger partial charge in [-0.15, -0.1) is 0 Å². The fourth-order valence-electron chi connectivity index (χ4n) is 1.70. The van der Waals surface area contributed by atoms with Crippen molar-refractivity contribution in [3.8, 4) is 0 Å². The van der Waals surface area contributed by atoms with Crippen LogP contribution in [0.4, 0.5) is 0 Å². The van der Waals surface area contributed by atoms with Crippen molar-refractivity contribution in [3.63, 3.8) is 0 Å². The zero-order chi connectivity index (χ0) is 9.68. The number of nitrogens with one attached hydrogen (secondary N) is 1. The van der Waals surface area contributed by atoms with Crippen LogP contribution in [0.15, 0.2) is 12.2 Å². The Morgan fingerprint density at radius 1 is 1.54 bits per heavy atom. The van der Waals surface area contributed by atoms with E-state index in [1.165, 1.54) is 5.57 Å². The van der Waals surface area contributed by atoms with Gasteiger partial charge < -0.3 is 10.4 Å². The zero-order valence-electron chi connectivity index (χ0n) is 8.42. The van der Waals surface area contributed by atoms with Crippen LogP contribution in [0.2, 0.25) is 0 Å². The third kappa shape index (κ3) is 3.89. The molecule has 1 heterocycles. The lowest BCUT2D eigenvalue weighted by Gasteiger charge is -2.29. The lowest BCUT2D eigenvalue weighted by atomic mass is 10.1. The number of hydrogen-bond donors (Lipinski definition) is 2. The van der Waals surface area contributed by atoms with E-state index < -0.39 is 0 Å². The van der Waals surface area contributed by atoms with Crippen molar-refractivity contribution in [2.75, 3.05) is 33.2 Å². The molecule has 0 radical (unpaired) electrons. The first-order valence-electron chi connectivity index (χ1n) is 4.94. The molecule has 0 bridgehead atoms. The predicted octanol–water partition coefficient (Wildman–Crippen LogP) is 0.219. The van der Waals surface area contributed by atoms with Crippen LogP contribution >= 0.6 is 0 Å². The molecule has 1 aliphatic rings. The topological polar surface area (TPSA) is 35.5 Å². The van der Waals surface area contributed by atoms with Crippen molar-refractivity contribution in [3.05, 3.63) is 12.2 Å². The summed E-state index contributed by atoms with van der Waals surface area (Å²) in [7, 11) is 1.94. The molecule has 1 rings (SSSR count). The van der Waals surface area contributed by atoms with Gasteiger partial charge in [0, 0.05) is 26.2 Å². The number of aliphatic hydroxyl groups excluding tert-OH is 1. The minimum Gasteiger partial charge on any atom is -0.393 e. The van der Waals surface area contributed by atoms with E-state index >= 15 is 0 Å². The Labute approximate surface area is 80.4 Å². The fraction of sp³-hybridized carbons (Fsp3) is 0.800. The molecule has 0 unspecified atom stereocenters. The lowest BCUT2D eigenvalue weighted by Crippen LogP contribution is -2.37. The van der Waals surface area contributed by atoms with Gasteiger partial charge in [0.05, 0.1) is 6.10 Å². The molecule has 0 aromatic heterocycles. The van der Waals surface area contributed by atoms with E-state index in [0.717, 1.165) is 39.0 Å². The summed E-state index contributed by atoms with van der Waals surface area (Å²) >= 11 is 0. The molecule has 76 valence electrons. The molecular formula is C10H20N2O. The molecule has 0 spiro atoms. The molecule has 0 aromatic rings. The largest absolute Gasteiger partial charge is 0.393 e. The van der Waals surface area contributed by atoms with Crippen molar-refractivity contribution < 1.29 is 5.11 Å². The van der Waals surface area contributed by atoms with E-state index in [-0.39, 0.29) is 6.10 Å². The first-order chi connectivity index (χ1) is 6.22. The van der Waals surface area contributed by atoms with E-state index in [0.29, 0.717) is 0 Å². The average Bonchev–Trinajstić information content (AvgIpc) is 2.09. The Hall–Kier alpha value is -0.380. The number of aliphatic hydroxyl groups is 1. The third-order valence-electron chi connectivity index (χ3n) is 2.43. The zero-order valence-corrected chi connectivity index (χ0v) is 8.42. The van der Waals surface area contributed by atoms with E-state index in [4.69, 9.17) is 0 Å². The number of piperidine rings is 1. The summed E-state index contributed by atoms with van der Waals surface area (Å²) in [6.07, 6.45) is 1.74. The number of hydrogen-bond acceptors (Lipinski definition) is 3. The minimum absolute atomic E-state index is 0.0752. The second-order valence-electron chi connectivity index (χ2n) is 3.79. The molecule has 0 aliphatic carbocycles. The normalized spacial score (nSPS) is 20.5. The van der Waals surface area contributed by atoms with Crippen LogP contribution in [-0.4, -0.2) is 49.3 Å². The van der Waals surface area contributed by atoms with Crippen LogP contribution in [0.3, 0.4) is 0 Å². The monoisotopic (exact) mass is 184 g/mol. The van der Waals surface area contributed by atoms with Gasteiger partial charge in [-0.25, -0.2) is 0 Å². The van der Waals surface area contributed by atoms with Crippen molar-refractivity contribution in [2.45, 2.75) is 18.9 Å². The minimum atomic E-state index is -0.0752. The molecule has 0 aromatic carbocycles. The second kappa shape index (κ2) is 5.37. The Bertz CT molecular complexity index is 162. The molecule has 2 N–H and O–H groups in total. The van der Waals surface area contributed by atoms with Crippen molar-refractivity contribution in [1.29, 1.82) is 0 Å². The number of nitrogens with zero attached hydrogens (tertiary/aromatic N) is 1. The van der Waals surface area contributed by atoms with Gasteiger partial charge in [0.2, 0.25) is 0 Å². The molecule has 1 aliphatic heterocycles. The predicted molar refractivity (Wildman–Crippen MR) is 54.7 cm³/mol. The smallest absolute Gasteiger partial charge is 0.0564 e. The van der Waals surface area contributed by atoms with E-state index in [2.05, 4.69) is 16.8 Å². The van der Waals surface area contributed by atoms with Crippen LogP contribution in [0, 0.1) is 0 Å². The summed E-state index contributed by atoms with van der Waals surface area (Å²) in [6.45, 7) is 7.85. The van der Waals surface area contributed by atoms with E-state index in [1.54, 1.807) is 0 Å². The highest BCUT2D eigenvalue weighted by atomic mass is 16.3. The SMILES string of the molecule is C=C(CNC)CN1CCC(O)CC1. The fourth-order valence-corrected chi connectivity index (χ4v) is 1.70. The summed E-state index contributed by atoms with van der Waals surface area (Å²) in [5, 5.41) is 12.4. The van der Waals surface area contributed by atoms with Crippen LogP contribution in [0.1, 0.15) is 12.8 Å². The number of likely N-dealkylation sites (tertiary alicyclic amines) is 1. The Morgan fingerprint density at radius 2 is 2.15 bits per heavy atom. The summed E-state index contributed by atoms with van der Waals surface area (Å²) in [6, 6.07) is 0. The first-order valence-corrected chi connectivity index (χ1v) is 4.94. The van der Waals surface area contributed by atoms with Crippen LogP contribution in [-0.2, 0) is 0 Å². The highest BCUT2D eigenvalue weighted by Gasteiger charge is 2.16. The maximum Gasteiger partial charge on any atom is 0.0564 e. The van der Waals surface area contributed by atoms with Crippen molar-refractivity contribution >= 4 is 0 Å². The second-order valence-corrected chi connectivity index (χ2v) is 3.79. The molecule has 0 saturated carbocycles. The molecule has 13 heavy (non-hydrogen) atoms. The Morgan fingerprint density at radius 3 is 2.69 bits per heavy atom. The summed E-state index contributed by atoms with van der Waals surface area (Å²) in [5.41, 5.74) is 1.22. The molecule has 3 heteroatoms. The van der Waals surface area contributed by atoms with Gasteiger partial charge in [0.25, 0.3) is 0 Å². The molecule has 3 nitrogen and oxygen atoms in total. The first kappa shape index (κ1) is 10.7. The molecule has 1 fully saturated rings. The molecule has 0 amide bonds. The highest BCUT2D eigenvalue weighted by molar-refractivity contribution is 4.99. The van der Waals surface area contributed by atoms with Crippen LogP contribution in [0.5, 0.6) is 0 Å². The van der Waals surface area contributed by atoms with Crippen molar-refractivity contribution in [2.24, 2.45) is 0 Å². The van der Waals surface area contributed by atoms with E-state index in [1.807, 2.05) is 7.05 Å². The third-order valence-corrected chi connectivity index (χ3v) is 2.43. The molecule has 0 atom stereocenters. The van der Waals surface area contributed by atoms with Gasteiger partial charge in [0.1, 0.15) is 0 Å². The molecule has 1 saturated heterocycles. The van der Waals surface area contributed by atoms with Gasteiger partial charge in [-0.2, -0.15) is 0 Å². The van der Waals surface area contributed by atoms with Gasteiger partial charge in [-0.1, -0.05) is 6.58 Å². The lowest BCUT2D eigenvalue weighted by molar-refractivity contribution is 0.0867. The highest BCUT2D eigenvalue weighted by Crippen LogP contribution is 2.10. The number of likely N-dealkylation sites (N-methyl/N-ethyl adjacent to an activating group) is 1. The maximum absolute atomic E-state index is 9.30. The van der Waals surface area contributed by atoms with Crippen LogP contribution in [0.25, 0.3) is 0 Å². The standard InChI is InChI=1S/C10H20N2O/c1-9(7-11-2)8-12-5-3-10(13)4-6-12/h10-11,13H,1,3-8H2,2H3. The number of rotatable bonds is 4. The molecular weight excluding hydrogens is 164 g/mol. The van der Waals surface area contributed by atoms with Gasteiger partial charge >= 0.3 is 0 Å². The quantitative estimate of drug-likeness (QED) is 0.613. The van der Waals surface area contributed by atoms with Crippen LogP contribution < -0.4 is 5.32 Å². The van der Waals surface area contributed by atoms with Gasteiger partial charge in [-0.3, -0.25) is 4.90 Å².